The molecule has 5 unspecified atom stereocenters. The maximum absolute atomic E-state index is 10.9. The Morgan fingerprint density at radius 2 is 1.85 bits per heavy atom. The third-order valence-corrected chi connectivity index (χ3v) is 3.13. The minimum Gasteiger partial charge on any atom is -0.458 e. The van der Waals surface area contributed by atoms with Gasteiger partial charge in [-0.05, 0) is 0 Å². The number of rotatable bonds is 6. The molecule has 0 amide bonds. The van der Waals surface area contributed by atoms with Gasteiger partial charge in [0.2, 0.25) is 5.78 Å². The number of ketones is 1. The fourth-order valence-corrected chi connectivity index (χ4v) is 1.82. The Labute approximate surface area is 116 Å². The zero-order chi connectivity index (χ0) is 15.3. The monoisotopic (exact) mass is 292 g/mol. The Hall–Kier alpha value is -1.06. The van der Waals surface area contributed by atoms with Gasteiger partial charge in [0.05, 0.1) is 25.4 Å². The van der Waals surface area contributed by atoms with Gasteiger partial charge in [-0.1, -0.05) is 6.92 Å². The molecule has 0 radical (unpaired) electrons. The summed E-state index contributed by atoms with van der Waals surface area (Å²) in [7, 11) is 0. The van der Waals surface area contributed by atoms with Crippen molar-refractivity contribution in [2.75, 3.05) is 19.8 Å². The van der Waals surface area contributed by atoms with Crippen molar-refractivity contribution in [2.24, 2.45) is 5.92 Å². The Balaban J connectivity index is 2.39. The second-order valence-corrected chi connectivity index (χ2v) is 4.63. The van der Waals surface area contributed by atoms with Gasteiger partial charge in [-0.2, -0.15) is 0 Å². The van der Waals surface area contributed by atoms with E-state index in [1.54, 1.807) is 6.92 Å². The van der Waals surface area contributed by atoms with Gasteiger partial charge >= 0.3 is 5.97 Å². The summed E-state index contributed by atoms with van der Waals surface area (Å²) in [5.41, 5.74) is 0. The summed E-state index contributed by atoms with van der Waals surface area (Å²) in [6.07, 6.45) is -4.14. The fourth-order valence-electron chi connectivity index (χ4n) is 1.82. The molecule has 0 aromatic rings. The number of hydrogen-bond acceptors (Lipinski definition) is 8. The Morgan fingerprint density at radius 3 is 2.40 bits per heavy atom. The van der Waals surface area contributed by atoms with E-state index in [2.05, 4.69) is 4.74 Å². The molecule has 0 aromatic heterocycles. The van der Waals surface area contributed by atoms with Gasteiger partial charge < -0.3 is 29.5 Å². The van der Waals surface area contributed by atoms with E-state index in [1.165, 1.54) is 0 Å². The van der Waals surface area contributed by atoms with Crippen molar-refractivity contribution in [3.05, 3.63) is 0 Å². The van der Waals surface area contributed by atoms with Crippen LogP contribution in [0.15, 0.2) is 0 Å². The molecular formula is C12H20O8. The SMILES string of the molecule is CC(=O)C(=O)OCCOC1OC(CO)C(C)C(O)C1O. The van der Waals surface area contributed by atoms with Gasteiger partial charge in [0, 0.05) is 12.8 Å². The molecule has 116 valence electrons. The van der Waals surface area contributed by atoms with Crippen LogP contribution in [0.3, 0.4) is 0 Å². The van der Waals surface area contributed by atoms with Crippen molar-refractivity contribution in [3.63, 3.8) is 0 Å². The number of hydrogen-bond donors (Lipinski definition) is 3. The highest BCUT2D eigenvalue weighted by molar-refractivity contribution is 6.32. The highest BCUT2D eigenvalue weighted by Gasteiger charge is 2.42. The van der Waals surface area contributed by atoms with Gasteiger partial charge in [0.1, 0.15) is 12.7 Å². The summed E-state index contributed by atoms with van der Waals surface area (Å²) < 4.78 is 15.0. The van der Waals surface area contributed by atoms with E-state index in [1.807, 2.05) is 0 Å². The van der Waals surface area contributed by atoms with Crippen molar-refractivity contribution >= 4 is 11.8 Å². The summed E-state index contributed by atoms with van der Waals surface area (Å²) >= 11 is 0. The van der Waals surface area contributed by atoms with E-state index in [0.29, 0.717) is 0 Å². The maximum atomic E-state index is 10.9. The zero-order valence-electron chi connectivity index (χ0n) is 11.4. The van der Waals surface area contributed by atoms with E-state index in [0.717, 1.165) is 6.92 Å². The molecule has 3 N–H and O–H groups in total. The van der Waals surface area contributed by atoms with Gasteiger partial charge in [-0.25, -0.2) is 4.79 Å². The largest absolute Gasteiger partial charge is 0.458 e. The van der Waals surface area contributed by atoms with Crippen LogP contribution < -0.4 is 0 Å². The lowest BCUT2D eigenvalue weighted by atomic mass is 9.91. The van der Waals surface area contributed by atoms with Gasteiger partial charge in [0.15, 0.2) is 6.29 Å². The second-order valence-electron chi connectivity index (χ2n) is 4.63. The smallest absolute Gasteiger partial charge is 0.374 e. The Morgan fingerprint density at radius 1 is 1.20 bits per heavy atom. The lowest BCUT2D eigenvalue weighted by Crippen LogP contribution is -2.55. The van der Waals surface area contributed by atoms with E-state index >= 15 is 0 Å². The summed E-state index contributed by atoms with van der Waals surface area (Å²) in [5, 5.41) is 28.7. The third kappa shape index (κ3) is 4.22. The quantitative estimate of drug-likeness (QED) is 0.298. The zero-order valence-corrected chi connectivity index (χ0v) is 11.4. The summed E-state index contributed by atoms with van der Waals surface area (Å²) in [6.45, 7) is 2.12. The van der Waals surface area contributed by atoms with Crippen LogP contribution in [-0.4, -0.2) is 71.5 Å². The Kier molecular flexibility index (Phi) is 6.50. The number of carbonyl (C=O) groups excluding carboxylic acids is 2. The molecule has 1 fully saturated rings. The first kappa shape index (κ1) is 17.0. The molecule has 0 aromatic carbocycles. The molecule has 20 heavy (non-hydrogen) atoms. The number of Topliss-reactive ketones (excluding diaryl/α,β-unsaturated/α-hetero) is 1. The van der Waals surface area contributed by atoms with E-state index in [-0.39, 0.29) is 19.8 Å². The number of carbonyl (C=O) groups is 2. The summed E-state index contributed by atoms with van der Waals surface area (Å²) in [5.74, 6) is -2.13. The molecule has 1 rings (SSSR count). The molecule has 8 nitrogen and oxygen atoms in total. The first-order valence-corrected chi connectivity index (χ1v) is 6.30. The average molecular weight is 292 g/mol. The molecule has 0 aliphatic carbocycles. The van der Waals surface area contributed by atoms with Crippen LogP contribution in [0.4, 0.5) is 0 Å². The van der Waals surface area contributed by atoms with Crippen molar-refractivity contribution < 1.29 is 39.1 Å². The van der Waals surface area contributed by atoms with Crippen molar-refractivity contribution in [1.82, 2.24) is 0 Å². The molecule has 1 aliphatic rings. The molecule has 5 atom stereocenters. The molecular weight excluding hydrogens is 272 g/mol. The van der Waals surface area contributed by atoms with Crippen LogP contribution in [0.5, 0.6) is 0 Å². The van der Waals surface area contributed by atoms with Gasteiger partial charge in [0.25, 0.3) is 0 Å². The summed E-state index contributed by atoms with van der Waals surface area (Å²) in [6, 6.07) is 0. The summed E-state index contributed by atoms with van der Waals surface area (Å²) in [4.78, 5) is 21.5. The molecule has 0 spiro atoms. The highest BCUT2D eigenvalue weighted by Crippen LogP contribution is 2.26. The minimum atomic E-state index is -1.27. The van der Waals surface area contributed by atoms with Crippen molar-refractivity contribution in [1.29, 1.82) is 0 Å². The number of ether oxygens (including phenoxy) is 3. The lowest BCUT2D eigenvalue weighted by Gasteiger charge is -2.40. The van der Waals surface area contributed by atoms with Crippen LogP contribution in [0.25, 0.3) is 0 Å². The van der Waals surface area contributed by atoms with Crippen LogP contribution in [0.2, 0.25) is 0 Å². The average Bonchev–Trinajstić information content (AvgIpc) is 2.42. The molecule has 8 heteroatoms. The van der Waals surface area contributed by atoms with Crippen LogP contribution >= 0.6 is 0 Å². The van der Waals surface area contributed by atoms with Gasteiger partial charge in [-0.3, -0.25) is 4.79 Å². The molecule has 1 heterocycles. The number of aliphatic hydroxyl groups is 3. The second kappa shape index (κ2) is 7.65. The lowest BCUT2D eigenvalue weighted by molar-refractivity contribution is -0.289. The van der Waals surface area contributed by atoms with Crippen molar-refractivity contribution in [2.45, 2.75) is 38.4 Å². The van der Waals surface area contributed by atoms with Gasteiger partial charge in [-0.15, -0.1) is 0 Å². The highest BCUT2D eigenvalue weighted by atomic mass is 16.7. The van der Waals surface area contributed by atoms with Crippen molar-refractivity contribution in [3.8, 4) is 0 Å². The van der Waals surface area contributed by atoms with E-state index in [4.69, 9.17) is 14.6 Å². The maximum Gasteiger partial charge on any atom is 0.374 e. The minimum absolute atomic E-state index is 0.111. The first-order valence-electron chi connectivity index (χ1n) is 6.30. The third-order valence-electron chi connectivity index (χ3n) is 3.13. The fraction of sp³-hybridized carbons (Fsp3) is 0.833. The predicted molar refractivity (Wildman–Crippen MR) is 64.5 cm³/mol. The first-order chi connectivity index (χ1) is 9.38. The predicted octanol–water partition coefficient (Wildman–Crippen LogP) is -1.79. The number of esters is 1. The molecule has 1 saturated heterocycles. The van der Waals surface area contributed by atoms with Crippen LogP contribution in [0.1, 0.15) is 13.8 Å². The molecule has 0 bridgehead atoms. The standard InChI is InChI=1S/C12H20O8/c1-6-8(5-13)20-12(10(16)9(6)15)19-4-3-18-11(17)7(2)14/h6,8-10,12-13,15-16H,3-5H2,1-2H3. The van der Waals surface area contributed by atoms with E-state index < -0.39 is 42.3 Å². The molecule has 1 aliphatic heterocycles. The van der Waals surface area contributed by atoms with Crippen LogP contribution in [0, 0.1) is 5.92 Å². The Bertz CT molecular complexity index is 342. The van der Waals surface area contributed by atoms with E-state index in [9.17, 15) is 19.8 Å². The molecule has 0 saturated carbocycles. The number of aliphatic hydroxyl groups excluding tert-OH is 3. The van der Waals surface area contributed by atoms with Crippen LogP contribution in [-0.2, 0) is 23.8 Å². The normalized spacial score (nSPS) is 33.8. The topological polar surface area (TPSA) is 123 Å².